The van der Waals surface area contributed by atoms with Gasteiger partial charge in [-0.1, -0.05) is 29.8 Å². The van der Waals surface area contributed by atoms with Gasteiger partial charge in [0, 0.05) is 20.1 Å². The second-order valence-corrected chi connectivity index (χ2v) is 5.98. The van der Waals surface area contributed by atoms with Crippen LogP contribution in [0.2, 0.25) is 0 Å². The van der Waals surface area contributed by atoms with Crippen LogP contribution in [0.15, 0.2) is 15.9 Å². The molecule has 12 heavy (non-hydrogen) atoms. The van der Waals surface area contributed by atoms with E-state index in [0.29, 0.717) is 0 Å². The maximum Gasteiger partial charge on any atom is 0.0319 e. The van der Waals surface area contributed by atoms with E-state index in [0.717, 1.165) is 5.33 Å². The van der Waals surface area contributed by atoms with Crippen molar-refractivity contribution in [2.45, 2.75) is 25.7 Å². The fourth-order valence-electron chi connectivity index (χ4n) is 1.13. The van der Waals surface area contributed by atoms with E-state index in [1.807, 2.05) is 11.3 Å². The van der Waals surface area contributed by atoms with Crippen LogP contribution in [-0.2, 0) is 5.41 Å². The second-order valence-electron chi connectivity index (χ2n) is 3.42. The van der Waals surface area contributed by atoms with Crippen molar-refractivity contribution in [1.29, 1.82) is 0 Å². The van der Waals surface area contributed by atoms with Crippen LogP contribution < -0.4 is 0 Å². The monoisotopic (exact) mass is 310 g/mol. The highest BCUT2D eigenvalue weighted by atomic mass is 79.9. The molecule has 0 aliphatic heterocycles. The lowest BCUT2D eigenvalue weighted by molar-refractivity contribution is 0.521. The first-order chi connectivity index (χ1) is 5.58. The first kappa shape index (κ1) is 10.7. The molecule has 68 valence electrons. The highest BCUT2D eigenvalue weighted by Gasteiger charge is 2.23. The summed E-state index contributed by atoms with van der Waals surface area (Å²) >= 11 is 8.88. The first-order valence-corrected chi connectivity index (χ1v) is 6.67. The third-order valence-electron chi connectivity index (χ3n) is 1.95. The average Bonchev–Trinajstić information content (AvgIpc) is 2.35. The standard InChI is InChI=1S/C9H12Br2S/c1-9(2,4-5-10)8-7(11)3-6-12-8/h3,6H,4-5H2,1-2H3. The maximum absolute atomic E-state index is 3.57. The predicted molar refractivity (Wildman–Crippen MR) is 63.5 cm³/mol. The van der Waals surface area contributed by atoms with Gasteiger partial charge in [0.25, 0.3) is 0 Å². The van der Waals surface area contributed by atoms with Gasteiger partial charge in [-0.15, -0.1) is 11.3 Å². The van der Waals surface area contributed by atoms with Crippen LogP contribution in [0.5, 0.6) is 0 Å². The number of alkyl halides is 1. The molecule has 3 heteroatoms. The molecule has 0 radical (unpaired) electrons. The van der Waals surface area contributed by atoms with Crippen molar-refractivity contribution in [2.75, 3.05) is 5.33 Å². The van der Waals surface area contributed by atoms with Crippen LogP contribution in [0.3, 0.4) is 0 Å². The summed E-state index contributed by atoms with van der Waals surface area (Å²) in [5.74, 6) is 0. The van der Waals surface area contributed by atoms with Gasteiger partial charge in [-0.25, -0.2) is 0 Å². The van der Waals surface area contributed by atoms with Gasteiger partial charge < -0.3 is 0 Å². The molecular formula is C9H12Br2S. The molecule has 0 fully saturated rings. The summed E-state index contributed by atoms with van der Waals surface area (Å²) in [6, 6.07) is 2.12. The Balaban J connectivity index is 2.88. The summed E-state index contributed by atoms with van der Waals surface area (Å²) in [4.78, 5) is 1.45. The molecule has 0 spiro atoms. The van der Waals surface area contributed by atoms with Gasteiger partial charge in [0.15, 0.2) is 0 Å². The number of thiophene rings is 1. The minimum atomic E-state index is 0.288. The van der Waals surface area contributed by atoms with Gasteiger partial charge in [0.05, 0.1) is 0 Å². The predicted octanol–water partition coefficient (Wildman–Crippen LogP) is 4.57. The van der Waals surface area contributed by atoms with Crippen molar-refractivity contribution in [3.8, 4) is 0 Å². The molecule has 1 aromatic rings. The minimum Gasteiger partial charge on any atom is -0.147 e. The van der Waals surface area contributed by atoms with Gasteiger partial charge in [-0.3, -0.25) is 0 Å². The van der Waals surface area contributed by atoms with E-state index >= 15 is 0 Å². The van der Waals surface area contributed by atoms with Crippen LogP contribution >= 0.6 is 43.2 Å². The summed E-state index contributed by atoms with van der Waals surface area (Å²) in [6.07, 6.45) is 1.17. The largest absolute Gasteiger partial charge is 0.147 e. The summed E-state index contributed by atoms with van der Waals surface area (Å²) in [7, 11) is 0. The molecule has 0 aliphatic carbocycles. The van der Waals surface area contributed by atoms with Gasteiger partial charge in [0.2, 0.25) is 0 Å². The fourth-order valence-corrected chi connectivity index (χ4v) is 4.18. The molecule has 0 amide bonds. The Morgan fingerprint density at radius 2 is 2.17 bits per heavy atom. The zero-order chi connectivity index (χ0) is 9.19. The van der Waals surface area contributed by atoms with E-state index < -0.39 is 0 Å². The van der Waals surface area contributed by atoms with Crippen LogP contribution in [0.1, 0.15) is 25.1 Å². The zero-order valence-electron chi connectivity index (χ0n) is 7.23. The SMILES string of the molecule is CC(C)(CCBr)c1sccc1Br. The molecule has 0 aliphatic rings. The lowest BCUT2D eigenvalue weighted by Crippen LogP contribution is -2.16. The Labute approximate surface area is 94.6 Å². The topological polar surface area (TPSA) is 0 Å². The van der Waals surface area contributed by atoms with Crippen molar-refractivity contribution in [2.24, 2.45) is 0 Å². The van der Waals surface area contributed by atoms with Crippen molar-refractivity contribution < 1.29 is 0 Å². The zero-order valence-corrected chi connectivity index (χ0v) is 11.2. The Bertz CT molecular complexity index is 253. The highest BCUT2D eigenvalue weighted by molar-refractivity contribution is 9.10. The van der Waals surface area contributed by atoms with Crippen molar-refractivity contribution >= 4 is 43.2 Å². The summed E-state index contributed by atoms with van der Waals surface area (Å²) < 4.78 is 1.25. The second kappa shape index (κ2) is 4.25. The molecule has 0 saturated heterocycles. The minimum absolute atomic E-state index is 0.288. The lowest BCUT2D eigenvalue weighted by atomic mass is 9.89. The van der Waals surface area contributed by atoms with Crippen LogP contribution in [-0.4, -0.2) is 5.33 Å². The van der Waals surface area contributed by atoms with Gasteiger partial charge in [-0.2, -0.15) is 0 Å². The lowest BCUT2D eigenvalue weighted by Gasteiger charge is -2.22. The van der Waals surface area contributed by atoms with E-state index in [1.165, 1.54) is 15.8 Å². The maximum atomic E-state index is 3.57. The van der Waals surface area contributed by atoms with Crippen LogP contribution in [0, 0.1) is 0 Å². The van der Waals surface area contributed by atoms with Crippen LogP contribution in [0.4, 0.5) is 0 Å². The van der Waals surface area contributed by atoms with Crippen molar-refractivity contribution in [1.82, 2.24) is 0 Å². The van der Waals surface area contributed by atoms with E-state index in [-0.39, 0.29) is 5.41 Å². The van der Waals surface area contributed by atoms with Crippen LogP contribution in [0.25, 0.3) is 0 Å². The third-order valence-corrected chi connectivity index (χ3v) is 4.55. The fraction of sp³-hybridized carbons (Fsp3) is 0.556. The number of rotatable bonds is 3. The molecule has 0 saturated carbocycles. The van der Waals surface area contributed by atoms with E-state index in [2.05, 4.69) is 57.2 Å². The number of halogens is 2. The Morgan fingerprint density at radius 1 is 1.50 bits per heavy atom. The summed E-state index contributed by atoms with van der Waals surface area (Å²) in [5.41, 5.74) is 0.288. The molecule has 0 aromatic carbocycles. The Hall–Kier alpha value is 0.660. The Kier molecular flexibility index (Phi) is 3.80. The molecule has 1 heterocycles. The number of hydrogen-bond donors (Lipinski definition) is 0. The normalized spacial score (nSPS) is 12.0. The average molecular weight is 312 g/mol. The molecule has 0 bridgehead atoms. The van der Waals surface area contributed by atoms with Gasteiger partial charge in [0.1, 0.15) is 0 Å². The molecule has 0 N–H and O–H groups in total. The highest BCUT2D eigenvalue weighted by Crippen LogP contribution is 2.37. The molecular weight excluding hydrogens is 300 g/mol. The van der Waals surface area contributed by atoms with Gasteiger partial charge in [-0.05, 0) is 33.8 Å². The van der Waals surface area contributed by atoms with Crippen molar-refractivity contribution in [3.05, 3.63) is 20.8 Å². The van der Waals surface area contributed by atoms with E-state index in [1.54, 1.807) is 0 Å². The number of hydrogen-bond acceptors (Lipinski definition) is 1. The molecule has 0 atom stereocenters. The molecule has 0 nitrogen and oxygen atoms in total. The smallest absolute Gasteiger partial charge is 0.0319 e. The first-order valence-electron chi connectivity index (χ1n) is 3.87. The third kappa shape index (κ3) is 2.33. The van der Waals surface area contributed by atoms with E-state index in [9.17, 15) is 0 Å². The van der Waals surface area contributed by atoms with Crippen molar-refractivity contribution in [3.63, 3.8) is 0 Å². The Morgan fingerprint density at radius 3 is 2.58 bits per heavy atom. The molecule has 0 unspecified atom stereocenters. The van der Waals surface area contributed by atoms with Gasteiger partial charge >= 0.3 is 0 Å². The molecule has 1 rings (SSSR count). The quantitative estimate of drug-likeness (QED) is 0.717. The molecule has 1 aromatic heterocycles. The van der Waals surface area contributed by atoms with E-state index in [4.69, 9.17) is 0 Å². The summed E-state index contributed by atoms with van der Waals surface area (Å²) in [5, 5.41) is 3.19. The summed E-state index contributed by atoms with van der Waals surface area (Å²) in [6.45, 7) is 4.57.